The lowest BCUT2D eigenvalue weighted by Gasteiger charge is -2.11. The number of aromatic nitrogens is 1. The summed E-state index contributed by atoms with van der Waals surface area (Å²) in [5.74, 6) is 1.77. The van der Waals surface area contributed by atoms with E-state index in [1.165, 1.54) is 11.1 Å². The van der Waals surface area contributed by atoms with E-state index in [1.54, 1.807) is 18.3 Å². The Balaban J connectivity index is 1.69. The predicted octanol–water partition coefficient (Wildman–Crippen LogP) is 4.61. The van der Waals surface area contributed by atoms with Gasteiger partial charge in [-0.2, -0.15) is 5.26 Å². The standard InChI is InChI=1S/C22H21N3O2/c1-13(2)26-20-9-6-14(10-15(20)11-23)22-25-12-21(27-22)18-5-3-4-17-16(18)7-8-19(17)24/h3-6,9-10,12-13,19H,7-8,24H2,1-2H3/t19-/m0/s1. The average Bonchev–Trinajstić information content (AvgIpc) is 3.29. The minimum absolute atomic E-state index is 0.00263. The number of nitrogens with two attached hydrogens (primary N) is 1. The number of ether oxygens (including phenoxy) is 1. The summed E-state index contributed by atoms with van der Waals surface area (Å²) in [5, 5.41) is 9.42. The highest BCUT2D eigenvalue weighted by Crippen LogP contribution is 2.38. The van der Waals surface area contributed by atoms with Crippen LogP contribution < -0.4 is 10.5 Å². The minimum Gasteiger partial charge on any atom is -0.490 e. The fourth-order valence-corrected chi connectivity index (χ4v) is 3.56. The molecule has 3 aromatic rings. The second kappa shape index (κ2) is 6.90. The van der Waals surface area contributed by atoms with Crippen LogP contribution in [0.3, 0.4) is 0 Å². The van der Waals surface area contributed by atoms with Crippen LogP contribution >= 0.6 is 0 Å². The van der Waals surface area contributed by atoms with Crippen molar-refractivity contribution in [1.82, 2.24) is 4.98 Å². The molecule has 1 aliphatic carbocycles. The number of fused-ring (bicyclic) bond motifs is 1. The summed E-state index contributed by atoms with van der Waals surface area (Å²) in [6.07, 6.45) is 3.64. The second-order valence-electron chi connectivity index (χ2n) is 7.04. The molecule has 0 radical (unpaired) electrons. The lowest BCUT2D eigenvalue weighted by atomic mass is 10.0. The molecule has 2 N–H and O–H groups in total. The first-order valence-corrected chi connectivity index (χ1v) is 9.11. The lowest BCUT2D eigenvalue weighted by molar-refractivity contribution is 0.242. The summed E-state index contributed by atoms with van der Waals surface area (Å²) < 4.78 is 11.7. The summed E-state index contributed by atoms with van der Waals surface area (Å²) in [5.41, 5.74) is 10.9. The van der Waals surface area contributed by atoms with Crippen molar-refractivity contribution in [3.8, 4) is 34.6 Å². The number of hydrogen-bond acceptors (Lipinski definition) is 5. The largest absolute Gasteiger partial charge is 0.490 e. The third-order valence-electron chi connectivity index (χ3n) is 4.80. The van der Waals surface area contributed by atoms with Gasteiger partial charge in [0.05, 0.1) is 17.9 Å². The first kappa shape index (κ1) is 17.3. The summed E-state index contributed by atoms with van der Waals surface area (Å²) >= 11 is 0. The van der Waals surface area contributed by atoms with E-state index in [0.29, 0.717) is 17.2 Å². The van der Waals surface area contributed by atoms with Crippen LogP contribution in [0.1, 0.15) is 43.0 Å². The normalized spacial score (nSPS) is 15.6. The Morgan fingerprint density at radius 3 is 2.93 bits per heavy atom. The molecule has 1 aromatic heterocycles. The summed E-state index contributed by atoms with van der Waals surface area (Å²) in [6, 6.07) is 13.8. The maximum atomic E-state index is 9.42. The number of hydrogen-bond donors (Lipinski definition) is 1. The fourth-order valence-electron chi connectivity index (χ4n) is 3.56. The average molecular weight is 359 g/mol. The van der Waals surface area contributed by atoms with Crippen LogP contribution in [-0.4, -0.2) is 11.1 Å². The van der Waals surface area contributed by atoms with Crippen molar-refractivity contribution < 1.29 is 9.15 Å². The van der Waals surface area contributed by atoms with E-state index in [-0.39, 0.29) is 12.1 Å². The molecular weight excluding hydrogens is 338 g/mol. The van der Waals surface area contributed by atoms with E-state index in [0.717, 1.165) is 29.7 Å². The van der Waals surface area contributed by atoms with Gasteiger partial charge in [0.1, 0.15) is 11.8 Å². The first-order chi connectivity index (χ1) is 13.1. The zero-order valence-corrected chi connectivity index (χ0v) is 15.4. The van der Waals surface area contributed by atoms with Crippen LogP contribution in [0, 0.1) is 11.3 Å². The fraction of sp³-hybridized carbons (Fsp3) is 0.273. The van der Waals surface area contributed by atoms with Gasteiger partial charge >= 0.3 is 0 Å². The molecule has 0 aliphatic heterocycles. The zero-order chi connectivity index (χ0) is 19.0. The molecule has 0 spiro atoms. The van der Waals surface area contributed by atoms with Gasteiger partial charge in [0.15, 0.2) is 5.76 Å². The molecule has 5 nitrogen and oxygen atoms in total. The third kappa shape index (κ3) is 3.20. The summed E-state index contributed by atoms with van der Waals surface area (Å²) in [7, 11) is 0. The Hall–Kier alpha value is -3.10. The highest BCUT2D eigenvalue weighted by molar-refractivity contribution is 5.68. The maximum Gasteiger partial charge on any atom is 0.226 e. The molecule has 0 unspecified atom stereocenters. The van der Waals surface area contributed by atoms with Gasteiger partial charge in [-0.3, -0.25) is 0 Å². The molecule has 27 heavy (non-hydrogen) atoms. The van der Waals surface area contributed by atoms with Crippen molar-refractivity contribution in [1.29, 1.82) is 5.26 Å². The Morgan fingerprint density at radius 2 is 2.15 bits per heavy atom. The predicted molar refractivity (Wildman–Crippen MR) is 103 cm³/mol. The molecule has 2 aromatic carbocycles. The van der Waals surface area contributed by atoms with Gasteiger partial charge in [-0.1, -0.05) is 18.2 Å². The highest BCUT2D eigenvalue weighted by atomic mass is 16.5. The van der Waals surface area contributed by atoms with Crippen LogP contribution in [-0.2, 0) is 6.42 Å². The third-order valence-corrected chi connectivity index (χ3v) is 4.80. The van der Waals surface area contributed by atoms with Gasteiger partial charge in [-0.25, -0.2) is 4.98 Å². The van der Waals surface area contributed by atoms with Crippen LogP contribution in [0.2, 0.25) is 0 Å². The molecule has 0 fully saturated rings. The number of rotatable bonds is 4. The van der Waals surface area contributed by atoms with E-state index in [2.05, 4.69) is 17.1 Å². The van der Waals surface area contributed by atoms with Gasteiger partial charge in [-0.15, -0.1) is 0 Å². The molecule has 0 saturated heterocycles. The smallest absolute Gasteiger partial charge is 0.226 e. The molecule has 0 bridgehead atoms. The monoisotopic (exact) mass is 359 g/mol. The molecule has 0 amide bonds. The lowest BCUT2D eigenvalue weighted by Crippen LogP contribution is -2.06. The highest BCUT2D eigenvalue weighted by Gasteiger charge is 2.23. The summed E-state index contributed by atoms with van der Waals surface area (Å²) in [6.45, 7) is 3.86. The first-order valence-electron chi connectivity index (χ1n) is 9.11. The SMILES string of the molecule is CC(C)Oc1ccc(-c2ncc(-c3cccc4c3CC[C@@H]4N)o2)cc1C#N. The van der Waals surface area contributed by atoms with E-state index < -0.39 is 0 Å². The van der Waals surface area contributed by atoms with Crippen LogP contribution in [0.25, 0.3) is 22.8 Å². The van der Waals surface area contributed by atoms with E-state index in [1.807, 2.05) is 32.0 Å². The quantitative estimate of drug-likeness (QED) is 0.735. The van der Waals surface area contributed by atoms with Crippen molar-refractivity contribution in [3.05, 3.63) is 59.3 Å². The van der Waals surface area contributed by atoms with Gasteiger partial charge in [0.2, 0.25) is 5.89 Å². The van der Waals surface area contributed by atoms with Gasteiger partial charge < -0.3 is 14.9 Å². The Kier molecular flexibility index (Phi) is 4.43. The van der Waals surface area contributed by atoms with E-state index in [9.17, 15) is 5.26 Å². The molecular formula is C22H21N3O2. The maximum absolute atomic E-state index is 9.42. The second-order valence-corrected chi connectivity index (χ2v) is 7.04. The van der Waals surface area contributed by atoms with E-state index >= 15 is 0 Å². The molecule has 1 heterocycles. The Labute approximate surface area is 158 Å². The number of benzene rings is 2. The van der Waals surface area contributed by atoms with Crippen molar-refractivity contribution in [2.24, 2.45) is 5.73 Å². The van der Waals surface area contributed by atoms with Crippen LogP contribution in [0.15, 0.2) is 47.0 Å². The minimum atomic E-state index is 0.00263. The molecule has 4 rings (SSSR count). The van der Waals surface area contributed by atoms with Crippen molar-refractivity contribution in [3.63, 3.8) is 0 Å². The van der Waals surface area contributed by atoms with Crippen molar-refractivity contribution >= 4 is 0 Å². The molecule has 136 valence electrons. The van der Waals surface area contributed by atoms with Gasteiger partial charge in [-0.05, 0) is 56.0 Å². The molecule has 5 heteroatoms. The number of nitriles is 1. The Bertz CT molecular complexity index is 1030. The topological polar surface area (TPSA) is 85.1 Å². The van der Waals surface area contributed by atoms with Crippen molar-refractivity contribution in [2.45, 2.75) is 38.8 Å². The van der Waals surface area contributed by atoms with Crippen LogP contribution in [0.4, 0.5) is 0 Å². The van der Waals surface area contributed by atoms with Gasteiger partial charge in [0.25, 0.3) is 0 Å². The zero-order valence-electron chi connectivity index (χ0n) is 15.4. The summed E-state index contributed by atoms with van der Waals surface area (Å²) in [4.78, 5) is 4.43. The number of nitrogens with zero attached hydrogens (tertiary/aromatic N) is 2. The van der Waals surface area contributed by atoms with Gasteiger partial charge in [0, 0.05) is 17.2 Å². The molecule has 1 aliphatic rings. The molecule has 1 atom stereocenters. The van der Waals surface area contributed by atoms with Crippen molar-refractivity contribution in [2.75, 3.05) is 0 Å². The number of oxazole rings is 1. The Morgan fingerprint density at radius 1 is 1.30 bits per heavy atom. The van der Waals surface area contributed by atoms with Crippen LogP contribution in [0.5, 0.6) is 5.75 Å². The van der Waals surface area contributed by atoms with E-state index in [4.69, 9.17) is 14.9 Å². The molecule has 0 saturated carbocycles.